The van der Waals surface area contributed by atoms with E-state index in [4.69, 9.17) is 4.52 Å². The third-order valence-electron chi connectivity index (χ3n) is 3.23. The summed E-state index contributed by atoms with van der Waals surface area (Å²) in [7, 11) is 0. The fraction of sp³-hybridized carbons (Fsp3) is 0.188. The molecule has 0 atom stereocenters. The maximum Gasteiger partial charge on any atom is 0.273 e. The average Bonchev–Trinajstić information content (AvgIpc) is 3.19. The zero-order chi connectivity index (χ0) is 15.4. The number of nitrogens with one attached hydrogen (secondary N) is 1. The Morgan fingerprint density at radius 3 is 3.00 bits per heavy atom. The highest BCUT2D eigenvalue weighted by molar-refractivity contribution is 5.93. The highest BCUT2D eigenvalue weighted by Gasteiger charge is 2.13. The lowest BCUT2D eigenvalue weighted by Gasteiger charge is -2.02. The van der Waals surface area contributed by atoms with Crippen LogP contribution in [0.25, 0.3) is 11.3 Å². The molecule has 0 radical (unpaired) electrons. The van der Waals surface area contributed by atoms with E-state index in [1.165, 1.54) is 0 Å². The van der Waals surface area contributed by atoms with E-state index in [1.807, 2.05) is 43.5 Å². The minimum atomic E-state index is -0.255. The third kappa shape index (κ3) is 3.22. The van der Waals surface area contributed by atoms with Crippen LogP contribution in [0, 0.1) is 6.92 Å². The van der Waals surface area contributed by atoms with E-state index in [1.54, 1.807) is 16.9 Å². The van der Waals surface area contributed by atoms with Gasteiger partial charge in [-0.25, -0.2) is 0 Å². The highest BCUT2D eigenvalue weighted by atomic mass is 16.5. The monoisotopic (exact) mass is 296 g/mol. The lowest BCUT2D eigenvalue weighted by Crippen LogP contribution is -2.27. The first-order valence-corrected chi connectivity index (χ1v) is 7.02. The maximum atomic E-state index is 12.0. The molecule has 112 valence electrons. The first-order chi connectivity index (χ1) is 10.7. The molecule has 0 aliphatic rings. The van der Waals surface area contributed by atoms with Gasteiger partial charge in [-0.05, 0) is 19.1 Å². The van der Waals surface area contributed by atoms with Crippen molar-refractivity contribution in [2.75, 3.05) is 6.54 Å². The third-order valence-corrected chi connectivity index (χ3v) is 3.23. The van der Waals surface area contributed by atoms with E-state index in [2.05, 4.69) is 15.6 Å². The van der Waals surface area contributed by atoms with E-state index in [0.717, 1.165) is 11.1 Å². The number of aromatic nitrogens is 3. The summed E-state index contributed by atoms with van der Waals surface area (Å²) in [5, 5.41) is 10.7. The molecule has 6 nitrogen and oxygen atoms in total. The van der Waals surface area contributed by atoms with Gasteiger partial charge in [-0.2, -0.15) is 5.10 Å². The Balaban J connectivity index is 1.62. The van der Waals surface area contributed by atoms with Crippen molar-refractivity contribution >= 4 is 5.91 Å². The van der Waals surface area contributed by atoms with Gasteiger partial charge < -0.3 is 9.84 Å². The molecule has 0 aliphatic heterocycles. The molecule has 0 fully saturated rings. The molecule has 0 spiro atoms. The topological polar surface area (TPSA) is 73.0 Å². The molecular weight excluding hydrogens is 280 g/mol. The van der Waals surface area contributed by atoms with Gasteiger partial charge >= 0.3 is 0 Å². The zero-order valence-corrected chi connectivity index (χ0v) is 12.2. The Bertz CT molecular complexity index is 762. The first kappa shape index (κ1) is 14.1. The molecule has 2 heterocycles. The van der Waals surface area contributed by atoms with Crippen LogP contribution in [0.2, 0.25) is 0 Å². The van der Waals surface area contributed by atoms with Gasteiger partial charge in [0, 0.05) is 30.6 Å². The van der Waals surface area contributed by atoms with Gasteiger partial charge in [0.2, 0.25) is 0 Å². The minimum Gasteiger partial charge on any atom is -0.355 e. The summed E-state index contributed by atoms with van der Waals surface area (Å²) in [4.78, 5) is 12.0. The van der Waals surface area contributed by atoms with Crippen LogP contribution < -0.4 is 5.32 Å². The number of benzene rings is 1. The number of rotatable bonds is 5. The molecule has 0 saturated heterocycles. The lowest BCUT2D eigenvalue weighted by atomic mass is 10.1. The normalized spacial score (nSPS) is 10.6. The summed E-state index contributed by atoms with van der Waals surface area (Å²) >= 11 is 0. The molecule has 1 N–H and O–H groups in total. The minimum absolute atomic E-state index is 0.255. The predicted molar refractivity (Wildman–Crippen MR) is 81.2 cm³/mol. The summed E-state index contributed by atoms with van der Waals surface area (Å²) in [5.74, 6) is 0.329. The van der Waals surface area contributed by atoms with Crippen LogP contribution in [-0.4, -0.2) is 27.4 Å². The SMILES string of the molecule is Cc1cccc(-c2cc(C(=O)NCCn3cccn3)no2)c1. The predicted octanol–water partition coefficient (Wildman–Crippen LogP) is 2.28. The van der Waals surface area contributed by atoms with E-state index in [0.29, 0.717) is 18.8 Å². The number of carbonyl (C=O) groups excluding carboxylic acids is 1. The van der Waals surface area contributed by atoms with Gasteiger partial charge in [-0.3, -0.25) is 9.48 Å². The number of hydrogen-bond acceptors (Lipinski definition) is 4. The molecule has 0 aliphatic carbocycles. The molecule has 3 rings (SSSR count). The second-order valence-electron chi connectivity index (χ2n) is 4.97. The molecule has 0 saturated carbocycles. The van der Waals surface area contributed by atoms with Crippen LogP contribution in [0.5, 0.6) is 0 Å². The number of hydrogen-bond donors (Lipinski definition) is 1. The molecule has 22 heavy (non-hydrogen) atoms. The summed E-state index contributed by atoms with van der Waals surface area (Å²) in [5.41, 5.74) is 2.30. The zero-order valence-electron chi connectivity index (χ0n) is 12.2. The van der Waals surface area contributed by atoms with Crippen LogP contribution in [0.3, 0.4) is 0 Å². The number of amides is 1. The van der Waals surface area contributed by atoms with Crippen molar-refractivity contribution in [3.05, 3.63) is 60.0 Å². The molecule has 3 aromatic rings. The van der Waals surface area contributed by atoms with Crippen molar-refractivity contribution in [3.63, 3.8) is 0 Å². The Labute approximate surface area is 127 Å². The van der Waals surface area contributed by atoms with Gasteiger partial charge in [0.25, 0.3) is 5.91 Å². The van der Waals surface area contributed by atoms with E-state index >= 15 is 0 Å². The van der Waals surface area contributed by atoms with E-state index in [-0.39, 0.29) is 11.6 Å². The first-order valence-electron chi connectivity index (χ1n) is 7.02. The maximum absolute atomic E-state index is 12.0. The summed E-state index contributed by atoms with van der Waals surface area (Å²) in [6.07, 6.45) is 3.55. The van der Waals surface area contributed by atoms with Crippen molar-refractivity contribution in [1.29, 1.82) is 0 Å². The summed E-state index contributed by atoms with van der Waals surface area (Å²) in [6.45, 7) is 3.09. The Morgan fingerprint density at radius 2 is 2.23 bits per heavy atom. The van der Waals surface area contributed by atoms with Gasteiger partial charge in [0.1, 0.15) is 0 Å². The lowest BCUT2D eigenvalue weighted by molar-refractivity contribution is 0.0943. The second kappa shape index (κ2) is 6.26. The Morgan fingerprint density at radius 1 is 1.32 bits per heavy atom. The van der Waals surface area contributed by atoms with Gasteiger partial charge in [-0.1, -0.05) is 28.9 Å². The summed E-state index contributed by atoms with van der Waals surface area (Å²) < 4.78 is 7.00. The highest BCUT2D eigenvalue weighted by Crippen LogP contribution is 2.21. The van der Waals surface area contributed by atoms with Crippen molar-refractivity contribution in [1.82, 2.24) is 20.3 Å². The summed E-state index contributed by atoms with van der Waals surface area (Å²) in [6, 6.07) is 11.3. The van der Waals surface area contributed by atoms with Crippen molar-refractivity contribution in [2.24, 2.45) is 0 Å². The van der Waals surface area contributed by atoms with E-state index in [9.17, 15) is 4.79 Å². The smallest absolute Gasteiger partial charge is 0.273 e. The van der Waals surface area contributed by atoms with E-state index < -0.39 is 0 Å². The molecule has 2 aromatic heterocycles. The van der Waals surface area contributed by atoms with Gasteiger partial charge in [-0.15, -0.1) is 0 Å². The quantitative estimate of drug-likeness (QED) is 0.784. The number of nitrogens with zero attached hydrogens (tertiary/aromatic N) is 3. The fourth-order valence-corrected chi connectivity index (χ4v) is 2.12. The van der Waals surface area contributed by atoms with Crippen LogP contribution >= 0.6 is 0 Å². The van der Waals surface area contributed by atoms with Crippen LogP contribution in [-0.2, 0) is 6.54 Å². The molecule has 0 unspecified atom stereocenters. The standard InChI is InChI=1S/C16H16N4O2/c1-12-4-2-5-13(10-12)15-11-14(19-22-15)16(21)17-7-9-20-8-3-6-18-20/h2-6,8,10-11H,7,9H2,1H3,(H,17,21). The van der Waals surface area contributed by atoms with Crippen LogP contribution in [0.1, 0.15) is 16.1 Å². The second-order valence-corrected chi connectivity index (χ2v) is 4.97. The van der Waals surface area contributed by atoms with Gasteiger partial charge in [0.15, 0.2) is 11.5 Å². The molecule has 1 aromatic carbocycles. The fourth-order valence-electron chi connectivity index (χ4n) is 2.12. The molecule has 1 amide bonds. The van der Waals surface area contributed by atoms with Crippen LogP contribution in [0.4, 0.5) is 0 Å². The average molecular weight is 296 g/mol. The van der Waals surface area contributed by atoms with Crippen molar-refractivity contribution < 1.29 is 9.32 Å². The molecule has 6 heteroatoms. The Kier molecular flexibility index (Phi) is 4.00. The van der Waals surface area contributed by atoms with Crippen molar-refractivity contribution in [3.8, 4) is 11.3 Å². The number of aryl methyl sites for hydroxylation is 1. The van der Waals surface area contributed by atoms with Crippen LogP contribution in [0.15, 0.2) is 53.3 Å². The molecular formula is C16H16N4O2. The van der Waals surface area contributed by atoms with Crippen molar-refractivity contribution in [2.45, 2.75) is 13.5 Å². The largest absolute Gasteiger partial charge is 0.355 e. The van der Waals surface area contributed by atoms with Gasteiger partial charge in [0.05, 0.1) is 6.54 Å². The Hall–Kier alpha value is -2.89. The number of carbonyl (C=O) groups is 1. The molecule has 0 bridgehead atoms.